The molecule has 2 aliphatic rings. The maximum Gasteiger partial charge on any atom is 0.328 e. The van der Waals surface area contributed by atoms with Gasteiger partial charge in [0.25, 0.3) is 5.91 Å². The van der Waals surface area contributed by atoms with Gasteiger partial charge in [-0.3, -0.25) is 9.59 Å². The Kier molecular flexibility index (Phi) is 4.83. The van der Waals surface area contributed by atoms with Crippen molar-refractivity contribution in [3.63, 3.8) is 0 Å². The normalized spacial score (nSPS) is 20.4. The molecule has 1 saturated carbocycles. The van der Waals surface area contributed by atoms with E-state index in [0.717, 1.165) is 25.7 Å². The zero-order chi connectivity index (χ0) is 17.1. The first-order chi connectivity index (χ1) is 11.6. The van der Waals surface area contributed by atoms with Crippen molar-refractivity contribution in [1.82, 2.24) is 4.90 Å². The summed E-state index contributed by atoms with van der Waals surface area (Å²) in [6.07, 6.45) is 4.33. The van der Waals surface area contributed by atoms with Crippen LogP contribution in [-0.4, -0.2) is 42.4 Å². The highest BCUT2D eigenvalue weighted by Gasteiger charge is 2.33. The second kappa shape index (κ2) is 7.03. The molecule has 2 amide bonds. The maximum atomic E-state index is 12.7. The van der Waals surface area contributed by atoms with Gasteiger partial charge >= 0.3 is 5.97 Å². The van der Waals surface area contributed by atoms with Crippen LogP contribution in [0.15, 0.2) is 24.3 Å². The topological polar surface area (TPSA) is 75.7 Å². The summed E-state index contributed by atoms with van der Waals surface area (Å²) in [4.78, 5) is 38.0. The molecule has 0 radical (unpaired) electrons. The lowest BCUT2D eigenvalue weighted by Crippen LogP contribution is -2.48. The Labute approximate surface area is 141 Å². The number of hydrogen-bond donors (Lipinski definition) is 1. The Balaban J connectivity index is 1.69. The molecule has 3 rings (SSSR count). The number of rotatable bonds is 4. The molecular weight excluding hydrogens is 308 g/mol. The summed E-state index contributed by atoms with van der Waals surface area (Å²) < 4.78 is 4.82. The average molecular weight is 330 g/mol. The molecule has 128 valence electrons. The number of amides is 2. The fourth-order valence-corrected chi connectivity index (χ4v) is 3.01. The zero-order valence-corrected chi connectivity index (χ0v) is 13.8. The molecule has 1 aromatic rings. The SMILES string of the molecule is COC(=O)C1CCCCN1C(=O)c1ccc(NC(=O)C2CC2)cc1. The fraction of sp³-hybridized carbons (Fsp3) is 0.500. The molecule has 1 heterocycles. The number of nitrogens with one attached hydrogen (secondary N) is 1. The molecular formula is C18H22N2O4. The zero-order valence-electron chi connectivity index (χ0n) is 13.8. The number of nitrogens with zero attached hydrogens (tertiary/aromatic N) is 1. The third-order valence-electron chi connectivity index (χ3n) is 4.58. The monoisotopic (exact) mass is 330 g/mol. The Morgan fingerprint density at radius 2 is 1.79 bits per heavy atom. The van der Waals surface area contributed by atoms with Gasteiger partial charge in [-0.2, -0.15) is 0 Å². The van der Waals surface area contributed by atoms with Crippen molar-refractivity contribution < 1.29 is 19.1 Å². The first-order valence-electron chi connectivity index (χ1n) is 8.40. The summed E-state index contributed by atoms with van der Waals surface area (Å²) in [6, 6.07) is 6.32. The van der Waals surface area contributed by atoms with E-state index in [1.165, 1.54) is 7.11 Å². The van der Waals surface area contributed by atoms with Crippen LogP contribution in [0.4, 0.5) is 5.69 Å². The predicted molar refractivity (Wildman–Crippen MR) is 88.5 cm³/mol. The largest absolute Gasteiger partial charge is 0.467 e. The van der Waals surface area contributed by atoms with E-state index in [-0.39, 0.29) is 23.7 Å². The molecule has 1 unspecified atom stereocenters. The highest BCUT2D eigenvalue weighted by Crippen LogP contribution is 2.30. The number of ether oxygens (including phenoxy) is 1. The van der Waals surface area contributed by atoms with Crippen LogP contribution >= 0.6 is 0 Å². The molecule has 1 saturated heterocycles. The number of carbonyl (C=O) groups excluding carboxylic acids is 3. The van der Waals surface area contributed by atoms with Crippen LogP contribution in [0.2, 0.25) is 0 Å². The standard InChI is InChI=1S/C18H22N2O4/c1-24-18(23)15-4-2-3-11-20(15)17(22)13-7-9-14(10-8-13)19-16(21)12-5-6-12/h7-10,12,15H,2-6,11H2,1H3,(H,19,21). The van der Waals surface area contributed by atoms with Crippen LogP contribution in [0.1, 0.15) is 42.5 Å². The van der Waals surface area contributed by atoms with Crippen LogP contribution in [0.5, 0.6) is 0 Å². The van der Waals surface area contributed by atoms with Crippen molar-refractivity contribution in [2.75, 3.05) is 19.0 Å². The summed E-state index contributed by atoms with van der Waals surface area (Å²) in [6.45, 7) is 0.554. The lowest BCUT2D eigenvalue weighted by molar-refractivity contribution is -0.147. The average Bonchev–Trinajstić information content (AvgIpc) is 3.46. The molecule has 1 aliphatic heterocycles. The molecule has 6 heteroatoms. The van der Waals surface area contributed by atoms with Gasteiger partial charge in [0.1, 0.15) is 6.04 Å². The van der Waals surface area contributed by atoms with Gasteiger partial charge in [-0.15, -0.1) is 0 Å². The minimum atomic E-state index is -0.509. The molecule has 2 fully saturated rings. The summed E-state index contributed by atoms with van der Waals surface area (Å²) in [7, 11) is 1.34. The molecule has 6 nitrogen and oxygen atoms in total. The van der Waals surface area contributed by atoms with Crippen LogP contribution in [0.3, 0.4) is 0 Å². The summed E-state index contributed by atoms with van der Waals surface area (Å²) in [5.41, 5.74) is 1.20. The van der Waals surface area contributed by atoms with Gasteiger partial charge in [0.15, 0.2) is 0 Å². The molecule has 0 aromatic heterocycles. The van der Waals surface area contributed by atoms with E-state index >= 15 is 0 Å². The van der Waals surface area contributed by atoms with Crippen LogP contribution in [0, 0.1) is 5.92 Å². The summed E-state index contributed by atoms with van der Waals surface area (Å²) in [5.74, 6) is -0.363. The van der Waals surface area contributed by atoms with Gasteiger partial charge in [-0.25, -0.2) is 4.79 Å². The van der Waals surface area contributed by atoms with Crippen molar-refractivity contribution in [2.45, 2.75) is 38.1 Å². The van der Waals surface area contributed by atoms with Crippen LogP contribution in [0.25, 0.3) is 0 Å². The van der Waals surface area contributed by atoms with Crippen molar-refractivity contribution in [3.8, 4) is 0 Å². The van der Waals surface area contributed by atoms with Gasteiger partial charge < -0.3 is 15.0 Å². The van der Waals surface area contributed by atoms with Crippen molar-refractivity contribution in [2.24, 2.45) is 5.92 Å². The molecule has 1 aromatic carbocycles. The van der Waals surface area contributed by atoms with E-state index in [4.69, 9.17) is 4.74 Å². The van der Waals surface area contributed by atoms with E-state index in [1.807, 2.05) is 0 Å². The second-order valence-electron chi connectivity index (χ2n) is 6.37. The Morgan fingerprint density at radius 1 is 1.08 bits per heavy atom. The first kappa shape index (κ1) is 16.5. The van der Waals surface area contributed by atoms with Crippen molar-refractivity contribution in [3.05, 3.63) is 29.8 Å². The number of methoxy groups -OCH3 is 1. The highest BCUT2D eigenvalue weighted by molar-refractivity contribution is 5.98. The fourth-order valence-electron chi connectivity index (χ4n) is 3.01. The number of hydrogen-bond acceptors (Lipinski definition) is 4. The summed E-state index contributed by atoms with van der Waals surface area (Å²) in [5, 5.41) is 2.85. The Morgan fingerprint density at radius 3 is 2.42 bits per heavy atom. The molecule has 1 N–H and O–H groups in total. The van der Waals surface area contributed by atoms with Gasteiger partial charge in [0, 0.05) is 23.7 Å². The number of anilines is 1. The first-order valence-corrected chi connectivity index (χ1v) is 8.40. The van der Waals surface area contributed by atoms with Gasteiger partial charge in [-0.05, 0) is 56.4 Å². The molecule has 0 spiro atoms. The van der Waals surface area contributed by atoms with E-state index in [1.54, 1.807) is 29.2 Å². The van der Waals surface area contributed by atoms with Crippen molar-refractivity contribution in [1.29, 1.82) is 0 Å². The lowest BCUT2D eigenvalue weighted by Gasteiger charge is -2.33. The van der Waals surface area contributed by atoms with Crippen LogP contribution < -0.4 is 5.32 Å². The number of piperidine rings is 1. The van der Waals surface area contributed by atoms with Gasteiger partial charge in [0.05, 0.1) is 7.11 Å². The lowest BCUT2D eigenvalue weighted by atomic mass is 10.0. The van der Waals surface area contributed by atoms with E-state index in [0.29, 0.717) is 24.2 Å². The number of carbonyl (C=O) groups is 3. The smallest absolute Gasteiger partial charge is 0.328 e. The Hall–Kier alpha value is -2.37. The number of benzene rings is 1. The van der Waals surface area contributed by atoms with Gasteiger partial charge in [-0.1, -0.05) is 0 Å². The van der Waals surface area contributed by atoms with Crippen LogP contribution in [-0.2, 0) is 14.3 Å². The van der Waals surface area contributed by atoms with E-state index < -0.39 is 6.04 Å². The quantitative estimate of drug-likeness (QED) is 0.859. The number of esters is 1. The second-order valence-corrected chi connectivity index (χ2v) is 6.37. The molecule has 0 bridgehead atoms. The minimum absolute atomic E-state index is 0.0378. The Bertz CT molecular complexity index is 637. The third kappa shape index (κ3) is 3.58. The maximum absolute atomic E-state index is 12.7. The van der Waals surface area contributed by atoms with E-state index in [9.17, 15) is 14.4 Å². The molecule has 24 heavy (non-hydrogen) atoms. The predicted octanol–water partition coefficient (Wildman–Crippen LogP) is 2.20. The third-order valence-corrected chi connectivity index (χ3v) is 4.58. The van der Waals surface area contributed by atoms with E-state index in [2.05, 4.69) is 5.32 Å². The molecule has 1 atom stereocenters. The van der Waals surface area contributed by atoms with Gasteiger partial charge in [0.2, 0.25) is 5.91 Å². The highest BCUT2D eigenvalue weighted by atomic mass is 16.5. The number of likely N-dealkylation sites (tertiary alicyclic amines) is 1. The van der Waals surface area contributed by atoms with Crippen molar-refractivity contribution >= 4 is 23.5 Å². The molecule has 1 aliphatic carbocycles. The minimum Gasteiger partial charge on any atom is -0.467 e. The summed E-state index contributed by atoms with van der Waals surface area (Å²) >= 11 is 0.